The summed E-state index contributed by atoms with van der Waals surface area (Å²) in [4.78, 5) is 0. The second kappa shape index (κ2) is 6.12. The van der Waals surface area contributed by atoms with Crippen molar-refractivity contribution in [2.45, 2.75) is 32.8 Å². The maximum Gasteiger partial charge on any atom is 0.138 e. The van der Waals surface area contributed by atoms with Crippen molar-refractivity contribution >= 4 is 11.6 Å². The van der Waals surface area contributed by atoms with Crippen molar-refractivity contribution in [1.82, 2.24) is 5.32 Å². The van der Waals surface area contributed by atoms with Crippen molar-refractivity contribution in [3.05, 3.63) is 29.3 Å². The second-order valence-corrected chi connectivity index (χ2v) is 4.52. The standard InChI is InChI=1S/C13H20ClNO/c1-4-13(3,10-15-5-2)16-12-9-7-6-8-11(12)14/h6-9,15H,4-5,10H2,1-3H3. The van der Waals surface area contributed by atoms with E-state index in [0.717, 1.165) is 25.3 Å². The third-order valence-corrected chi connectivity index (χ3v) is 3.00. The van der Waals surface area contributed by atoms with Gasteiger partial charge in [-0.05, 0) is 32.0 Å². The van der Waals surface area contributed by atoms with E-state index in [1.54, 1.807) is 0 Å². The summed E-state index contributed by atoms with van der Waals surface area (Å²) in [5.41, 5.74) is -0.207. The summed E-state index contributed by atoms with van der Waals surface area (Å²) in [5, 5.41) is 3.98. The van der Waals surface area contributed by atoms with Gasteiger partial charge in [0, 0.05) is 6.54 Å². The van der Waals surface area contributed by atoms with Gasteiger partial charge in [-0.25, -0.2) is 0 Å². The third-order valence-electron chi connectivity index (χ3n) is 2.69. The Morgan fingerprint density at radius 2 is 2.00 bits per heavy atom. The van der Waals surface area contributed by atoms with Gasteiger partial charge >= 0.3 is 0 Å². The van der Waals surface area contributed by atoms with Crippen LogP contribution in [0.4, 0.5) is 0 Å². The van der Waals surface area contributed by atoms with Crippen LogP contribution in [-0.4, -0.2) is 18.7 Å². The largest absolute Gasteiger partial charge is 0.485 e. The minimum absolute atomic E-state index is 0.207. The quantitative estimate of drug-likeness (QED) is 0.823. The van der Waals surface area contributed by atoms with E-state index in [9.17, 15) is 0 Å². The van der Waals surface area contributed by atoms with Crippen molar-refractivity contribution < 1.29 is 4.74 Å². The molecule has 0 amide bonds. The van der Waals surface area contributed by atoms with Crippen LogP contribution in [-0.2, 0) is 0 Å². The molecule has 1 aromatic carbocycles. The molecule has 0 fully saturated rings. The fourth-order valence-electron chi connectivity index (χ4n) is 1.42. The van der Waals surface area contributed by atoms with Gasteiger partial charge in [-0.3, -0.25) is 0 Å². The number of nitrogens with one attached hydrogen (secondary N) is 1. The van der Waals surface area contributed by atoms with Crippen LogP contribution in [0.2, 0.25) is 5.02 Å². The molecule has 0 saturated carbocycles. The number of likely N-dealkylation sites (N-methyl/N-ethyl adjacent to an activating group) is 1. The van der Waals surface area contributed by atoms with Crippen molar-refractivity contribution in [3.8, 4) is 5.75 Å². The van der Waals surface area contributed by atoms with Gasteiger partial charge in [0.15, 0.2) is 0 Å². The van der Waals surface area contributed by atoms with Crippen molar-refractivity contribution in [3.63, 3.8) is 0 Å². The van der Waals surface area contributed by atoms with E-state index in [1.165, 1.54) is 0 Å². The maximum absolute atomic E-state index is 6.08. The molecule has 1 aromatic rings. The molecule has 1 rings (SSSR count). The van der Waals surface area contributed by atoms with E-state index >= 15 is 0 Å². The minimum Gasteiger partial charge on any atom is -0.485 e. The Morgan fingerprint density at radius 3 is 2.56 bits per heavy atom. The highest BCUT2D eigenvalue weighted by molar-refractivity contribution is 6.32. The highest BCUT2D eigenvalue weighted by Gasteiger charge is 2.24. The van der Waals surface area contributed by atoms with E-state index in [4.69, 9.17) is 16.3 Å². The van der Waals surface area contributed by atoms with E-state index < -0.39 is 0 Å². The summed E-state index contributed by atoms with van der Waals surface area (Å²) in [5.74, 6) is 0.756. The smallest absolute Gasteiger partial charge is 0.138 e. The maximum atomic E-state index is 6.08. The molecule has 0 aliphatic rings. The van der Waals surface area contributed by atoms with Crippen LogP contribution in [0.5, 0.6) is 5.75 Å². The molecular formula is C13H20ClNO. The fraction of sp³-hybridized carbons (Fsp3) is 0.538. The first-order valence-electron chi connectivity index (χ1n) is 5.75. The Kier molecular flexibility index (Phi) is 5.10. The van der Waals surface area contributed by atoms with Crippen molar-refractivity contribution in [2.24, 2.45) is 0 Å². The molecule has 0 radical (unpaired) electrons. The van der Waals surface area contributed by atoms with Gasteiger partial charge in [-0.2, -0.15) is 0 Å². The first kappa shape index (κ1) is 13.3. The van der Waals surface area contributed by atoms with Gasteiger partial charge in [0.05, 0.1) is 5.02 Å². The molecule has 0 aromatic heterocycles. The zero-order valence-corrected chi connectivity index (χ0v) is 11.0. The average Bonchev–Trinajstić information content (AvgIpc) is 2.30. The minimum atomic E-state index is -0.207. The molecular weight excluding hydrogens is 222 g/mol. The summed E-state index contributed by atoms with van der Waals surface area (Å²) in [6.07, 6.45) is 0.936. The Balaban J connectivity index is 2.72. The van der Waals surface area contributed by atoms with E-state index in [-0.39, 0.29) is 5.60 Å². The molecule has 0 bridgehead atoms. The number of rotatable bonds is 6. The van der Waals surface area contributed by atoms with E-state index in [1.807, 2.05) is 24.3 Å². The lowest BCUT2D eigenvalue weighted by molar-refractivity contribution is 0.0843. The number of hydrogen-bond donors (Lipinski definition) is 1. The molecule has 1 N–H and O–H groups in total. The predicted molar refractivity (Wildman–Crippen MR) is 69.3 cm³/mol. The van der Waals surface area contributed by atoms with Crippen LogP contribution in [0.25, 0.3) is 0 Å². The summed E-state index contributed by atoms with van der Waals surface area (Å²) >= 11 is 6.08. The molecule has 1 atom stereocenters. The van der Waals surface area contributed by atoms with E-state index in [0.29, 0.717) is 5.02 Å². The van der Waals surface area contributed by atoms with Crippen molar-refractivity contribution in [1.29, 1.82) is 0 Å². The summed E-state index contributed by atoms with van der Waals surface area (Å²) in [6.45, 7) is 8.07. The number of para-hydroxylation sites is 1. The molecule has 2 nitrogen and oxygen atoms in total. The fourth-order valence-corrected chi connectivity index (χ4v) is 1.59. The van der Waals surface area contributed by atoms with Gasteiger partial charge in [0.1, 0.15) is 11.4 Å². The van der Waals surface area contributed by atoms with Crippen LogP contribution in [0.15, 0.2) is 24.3 Å². The predicted octanol–water partition coefficient (Wildman–Crippen LogP) is 3.50. The number of benzene rings is 1. The Morgan fingerprint density at radius 1 is 1.31 bits per heavy atom. The summed E-state index contributed by atoms with van der Waals surface area (Å²) < 4.78 is 5.99. The lowest BCUT2D eigenvalue weighted by Gasteiger charge is -2.30. The molecule has 0 spiro atoms. The first-order chi connectivity index (χ1) is 7.61. The molecule has 16 heavy (non-hydrogen) atoms. The van der Waals surface area contributed by atoms with E-state index in [2.05, 4.69) is 26.1 Å². The SMILES string of the molecule is CCNCC(C)(CC)Oc1ccccc1Cl. The van der Waals surface area contributed by atoms with Crippen molar-refractivity contribution in [2.75, 3.05) is 13.1 Å². The lowest BCUT2D eigenvalue weighted by Crippen LogP contribution is -2.42. The molecule has 90 valence electrons. The molecule has 0 aliphatic carbocycles. The molecule has 0 saturated heterocycles. The van der Waals surface area contributed by atoms with Crippen LogP contribution >= 0.6 is 11.6 Å². The zero-order chi connectivity index (χ0) is 12.0. The van der Waals surface area contributed by atoms with Gasteiger partial charge in [0.2, 0.25) is 0 Å². The molecule has 1 unspecified atom stereocenters. The molecule has 3 heteroatoms. The topological polar surface area (TPSA) is 21.3 Å². The Labute approximate surface area is 103 Å². The normalized spacial score (nSPS) is 14.5. The Bertz CT molecular complexity index is 329. The van der Waals surface area contributed by atoms with Gasteiger partial charge < -0.3 is 10.1 Å². The van der Waals surface area contributed by atoms with Crippen LogP contribution in [0, 0.1) is 0 Å². The van der Waals surface area contributed by atoms with Gasteiger partial charge in [-0.1, -0.05) is 37.6 Å². The second-order valence-electron chi connectivity index (χ2n) is 4.12. The average molecular weight is 242 g/mol. The van der Waals surface area contributed by atoms with Crippen LogP contribution in [0.3, 0.4) is 0 Å². The van der Waals surface area contributed by atoms with Crippen LogP contribution in [0.1, 0.15) is 27.2 Å². The lowest BCUT2D eigenvalue weighted by atomic mass is 10.0. The monoisotopic (exact) mass is 241 g/mol. The zero-order valence-electron chi connectivity index (χ0n) is 10.2. The summed E-state index contributed by atoms with van der Waals surface area (Å²) in [6, 6.07) is 7.59. The number of hydrogen-bond acceptors (Lipinski definition) is 2. The first-order valence-corrected chi connectivity index (χ1v) is 6.13. The third kappa shape index (κ3) is 3.69. The highest BCUT2D eigenvalue weighted by Crippen LogP contribution is 2.28. The summed E-state index contributed by atoms with van der Waals surface area (Å²) in [7, 11) is 0. The Hall–Kier alpha value is -0.730. The molecule has 0 aliphatic heterocycles. The van der Waals surface area contributed by atoms with Gasteiger partial charge in [-0.15, -0.1) is 0 Å². The number of ether oxygens (including phenoxy) is 1. The molecule has 0 heterocycles. The van der Waals surface area contributed by atoms with Gasteiger partial charge in [0.25, 0.3) is 0 Å². The van der Waals surface area contributed by atoms with Crippen LogP contribution < -0.4 is 10.1 Å². The number of halogens is 1. The highest BCUT2D eigenvalue weighted by atomic mass is 35.5.